The van der Waals surface area contributed by atoms with Crippen molar-refractivity contribution in [1.82, 2.24) is 9.97 Å². The number of pyridine rings is 2. The molecule has 0 atom stereocenters. The number of hydrogen-bond acceptors (Lipinski definition) is 3. The van der Waals surface area contributed by atoms with Crippen molar-refractivity contribution >= 4 is 62.3 Å². The van der Waals surface area contributed by atoms with Crippen molar-refractivity contribution in [3.8, 4) is 0 Å². The van der Waals surface area contributed by atoms with Crippen LogP contribution < -0.4 is 5.32 Å². The fraction of sp³-hybridized carbons (Fsp3) is 0.154. The molecule has 2 aromatic rings. The van der Waals surface area contributed by atoms with Gasteiger partial charge in [0.2, 0.25) is 5.91 Å². The summed E-state index contributed by atoms with van der Waals surface area (Å²) in [5.41, 5.74) is 1.77. The molecule has 0 bridgehead atoms. The van der Waals surface area contributed by atoms with E-state index in [9.17, 15) is 4.79 Å². The summed E-state index contributed by atoms with van der Waals surface area (Å²) >= 11 is 21.0. The molecule has 1 N–H and O–H groups in total. The second-order valence-electron chi connectivity index (χ2n) is 4.26. The van der Waals surface area contributed by atoms with Gasteiger partial charge in [-0.2, -0.15) is 0 Å². The van der Waals surface area contributed by atoms with Crippen LogP contribution in [-0.2, 0) is 11.2 Å². The van der Waals surface area contributed by atoms with E-state index in [-0.39, 0.29) is 27.8 Å². The summed E-state index contributed by atoms with van der Waals surface area (Å²) in [5, 5.41) is 3.41. The third kappa shape index (κ3) is 4.30. The highest BCUT2D eigenvalue weighted by atomic mass is 79.9. The van der Waals surface area contributed by atoms with E-state index in [1.54, 1.807) is 25.3 Å². The van der Waals surface area contributed by atoms with Crippen molar-refractivity contribution in [2.45, 2.75) is 13.3 Å². The molecule has 0 aliphatic heterocycles. The highest BCUT2D eigenvalue weighted by Crippen LogP contribution is 2.27. The van der Waals surface area contributed by atoms with Gasteiger partial charge in [0.15, 0.2) is 5.15 Å². The molecule has 2 heterocycles. The summed E-state index contributed by atoms with van der Waals surface area (Å²) in [6.07, 6.45) is 1.64. The number of carbonyl (C=O) groups excluding carboxylic acids is 1. The molecule has 0 aliphatic carbocycles. The van der Waals surface area contributed by atoms with E-state index in [0.717, 1.165) is 10.0 Å². The van der Waals surface area contributed by atoms with Gasteiger partial charge in [0.1, 0.15) is 10.3 Å². The first-order valence-electron chi connectivity index (χ1n) is 5.79. The number of carbonyl (C=O) groups is 1. The number of aromatic nitrogens is 2. The van der Waals surface area contributed by atoms with Crippen LogP contribution in [0.1, 0.15) is 11.1 Å². The normalized spacial score (nSPS) is 10.5. The lowest BCUT2D eigenvalue weighted by Gasteiger charge is -2.10. The van der Waals surface area contributed by atoms with Gasteiger partial charge in [-0.3, -0.25) is 4.79 Å². The third-order valence-corrected chi connectivity index (χ3v) is 3.88. The number of amides is 1. The maximum Gasteiger partial charge on any atom is 0.229 e. The lowest BCUT2D eigenvalue weighted by Crippen LogP contribution is -2.16. The number of hydrogen-bond donors (Lipinski definition) is 1. The zero-order chi connectivity index (χ0) is 15.6. The Morgan fingerprint density at radius 2 is 2.00 bits per heavy atom. The molecule has 0 aromatic carbocycles. The first-order valence-corrected chi connectivity index (χ1v) is 7.72. The molecule has 8 heteroatoms. The molecule has 0 spiro atoms. The van der Waals surface area contributed by atoms with Gasteiger partial charge in [-0.25, -0.2) is 9.97 Å². The highest BCUT2D eigenvalue weighted by molar-refractivity contribution is 9.10. The fourth-order valence-electron chi connectivity index (χ4n) is 1.69. The van der Waals surface area contributed by atoms with Gasteiger partial charge in [0, 0.05) is 10.7 Å². The summed E-state index contributed by atoms with van der Waals surface area (Å²) in [6.45, 7) is 1.78. The minimum atomic E-state index is -0.272. The fourth-order valence-corrected chi connectivity index (χ4v) is 2.82. The summed E-state index contributed by atoms with van der Waals surface area (Å²) in [6, 6.07) is 3.36. The third-order valence-electron chi connectivity index (χ3n) is 2.63. The van der Waals surface area contributed by atoms with Crippen molar-refractivity contribution in [1.29, 1.82) is 0 Å². The summed E-state index contributed by atoms with van der Waals surface area (Å²) in [4.78, 5) is 20.0. The minimum Gasteiger partial charge on any atom is -0.323 e. The molecule has 110 valence electrons. The average Bonchev–Trinajstić information content (AvgIpc) is 2.38. The number of halogens is 4. The van der Waals surface area contributed by atoms with E-state index >= 15 is 0 Å². The Labute approximate surface area is 145 Å². The highest BCUT2D eigenvalue weighted by Gasteiger charge is 2.13. The minimum absolute atomic E-state index is 0.0731. The van der Waals surface area contributed by atoms with Crippen molar-refractivity contribution in [2.24, 2.45) is 0 Å². The Morgan fingerprint density at radius 3 is 2.67 bits per heavy atom. The number of aryl methyl sites for hydroxylation is 1. The molecule has 1 amide bonds. The lowest BCUT2D eigenvalue weighted by molar-refractivity contribution is -0.115. The van der Waals surface area contributed by atoms with E-state index in [0.29, 0.717) is 11.3 Å². The van der Waals surface area contributed by atoms with Gasteiger partial charge in [-0.05, 0) is 46.1 Å². The van der Waals surface area contributed by atoms with Crippen LogP contribution in [-0.4, -0.2) is 15.9 Å². The number of rotatable bonds is 3. The van der Waals surface area contributed by atoms with E-state index in [1.165, 1.54) is 0 Å². The smallest absolute Gasteiger partial charge is 0.229 e. The van der Waals surface area contributed by atoms with E-state index in [1.807, 2.05) is 0 Å². The van der Waals surface area contributed by atoms with Gasteiger partial charge in [-0.1, -0.05) is 34.8 Å². The van der Waals surface area contributed by atoms with Gasteiger partial charge in [-0.15, -0.1) is 0 Å². The standard InChI is InChI=1S/C13H9BrCl3N3O/c1-6-2-9(15)19-13(17)11(6)20-10(21)4-7-3-8(14)5-18-12(7)16/h2-3,5H,4H2,1H3,(H,20,21). The molecule has 4 nitrogen and oxygen atoms in total. The second kappa shape index (κ2) is 6.92. The van der Waals surface area contributed by atoms with Crippen LogP contribution in [0.25, 0.3) is 0 Å². The van der Waals surface area contributed by atoms with Gasteiger partial charge in [0.25, 0.3) is 0 Å². The van der Waals surface area contributed by atoms with Crippen LogP contribution in [0.4, 0.5) is 5.69 Å². The molecule has 0 fully saturated rings. The predicted molar refractivity (Wildman–Crippen MR) is 88.3 cm³/mol. The number of anilines is 1. The van der Waals surface area contributed by atoms with Crippen LogP contribution in [0.5, 0.6) is 0 Å². The van der Waals surface area contributed by atoms with E-state index < -0.39 is 0 Å². The zero-order valence-electron chi connectivity index (χ0n) is 10.8. The quantitative estimate of drug-likeness (QED) is 0.749. The monoisotopic (exact) mass is 407 g/mol. The molecule has 2 rings (SSSR count). The Hall–Kier alpha value is -0.880. The lowest BCUT2D eigenvalue weighted by atomic mass is 10.2. The van der Waals surface area contributed by atoms with Crippen LogP contribution in [0.15, 0.2) is 22.8 Å². The summed E-state index contributed by atoms with van der Waals surface area (Å²) in [5.74, 6) is -0.272. The van der Waals surface area contributed by atoms with Crippen LogP contribution in [0.2, 0.25) is 15.5 Å². The Balaban J connectivity index is 2.17. The van der Waals surface area contributed by atoms with Crippen molar-refractivity contribution in [3.05, 3.63) is 49.4 Å². The SMILES string of the molecule is Cc1cc(Cl)nc(Cl)c1NC(=O)Cc1cc(Br)cnc1Cl. The topological polar surface area (TPSA) is 54.9 Å². The maximum absolute atomic E-state index is 12.1. The zero-order valence-corrected chi connectivity index (χ0v) is 14.6. The molecular formula is C13H9BrCl3N3O. The number of nitrogens with zero attached hydrogens (tertiary/aromatic N) is 2. The van der Waals surface area contributed by atoms with E-state index in [4.69, 9.17) is 34.8 Å². The first-order chi connectivity index (χ1) is 9.86. The van der Waals surface area contributed by atoms with Crippen molar-refractivity contribution in [3.63, 3.8) is 0 Å². The Bertz CT molecular complexity index is 686. The average molecular weight is 409 g/mol. The molecule has 0 unspecified atom stereocenters. The Morgan fingerprint density at radius 1 is 1.29 bits per heavy atom. The molecule has 0 radical (unpaired) electrons. The van der Waals surface area contributed by atoms with Crippen LogP contribution in [0.3, 0.4) is 0 Å². The van der Waals surface area contributed by atoms with Gasteiger partial charge in [0.05, 0.1) is 12.1 Å². The van der Waals surface area contributed by atoms with Crippen molar-refractivity contribution in [2.75, 3.05) is 5.32 Å². The second-order valence-corrected chi connectivity index (χ2v) is 6.28. The maximum atomic E-state index is 12.1. The molecule has 2 aromatic heterocycles. The molecule has 21 heavy (non-hydrogen) atoms. The van der Waals surface area contributed by atoms with Gasteiger partial charge < -0.3 is 5.32 Å². The molecule has 0 saturated carbocycles. The van der Waals surface area contributed by atoms with Crippen LogP contribution >= 0.6 is 50.7 Å². The summed E-state index contributed by atoms with van der Waals surface area (Å²) in [7, 11) is 0. The molecular weight excluding hydrogens is 400 g/mol. The first kappa shape index (κ1) is 16.5. The number of nitrogens with one attached hydrogen (secondary N) is 1. The summed E-state index contributed by atoms with van der Waals surface area (Å²) < 4.78 is 0.747. The molecule has 0 aliphatic rings. The molecule has 0 saturated heterocycles. The predicted octanol–water partition coefficient (Wildman–Crippen LogP) is 4.69. The van der Waals surface area contributed by atoms with E-state index in [2.05, 4.69) is 31.2 Å². The van der Waals surface area contributed by atoms with Crippen molar-refractivity contribution < 1.29 is 4.79 Å². The Kier molecular flexibility index (Phi) is 5.43. The largest absolute Gasteiger partial charge is 0.323 e. The van der Waals surface area contributed by atoms with Gasteiger partial charge >= 0.3 is 0 Å². The van der Waals surface area contributed by atoms with Crippen LogP contribution in [0, 0.1) is 6.92 Å².